The molecule has 1 aromatic heterocycles. The van der Waals surface area contributed by atoms with Crippen LogP contribution in [0.2, 0.25) is 0 Å². The number of halogens is 4. The van der Waals surface area contributed by atoms with E-state index in [0.29, 0.717) is 10.2 Å². The summed E-state index contributed by atoms with van der Waals surface area (Å²) in [6.07, 6.45) is -2.95. The fraction of sp³-hybridized carbons (Fsp3) is 0.200. The van der Waals surface area contributed by atoms with Gasteiger partial charge in [0.15, 0.2) is 0 Å². The van der Waals surface area contributed by atoms with Crippen LogP contribution in [0.5, 0.6) is 11.5 Å². The molecule has 0 fully saturated rings. The van der Waals surface area contributed by atoms with Gasteiger partial charge in [-0.15, -0.1) is 0 Å². The zero-order valence-electron chi connectivity index (χ0n) is 16.7. The van der Waals surface area contributed by atoms with E-state index in [2.05, 4.69) is 26.3 Å². The Kier molecular flexibility index (Phi) is 6.53. The van der Waals surface area contributed by atoms with E-state index in [1.165, 1.54) is 16.8 Å². The number of aryl methyl sites for hydroxylation is 1. The Bertz CT molecular complexity index is 1160. The van der Waals surface area contributed by atoms with E-state index in [9.17, 15) is 28.1 Å². The maximum absolute atomic E-state index is 12.9. The molecule has 8 nitrogen and oxygen atoms in total. The van der Waals surface area contributed by atoms with Crippen LogP contribution in [0.3, 0.4) is 0 Å². The predicted octanol–water partition coefficient (Wildman–Crippen LogP) is 5.87. The zero-order chi connectivity index (χ0) is 23.6. The summed E-state index contributed by atoms with van der Waals surface area (Å²) in [5.74, 6) is -0.785. The highest BCUT2D eigenvalue weighted by molar-refractivity contribution is 9.10. The molecule has 0 saturated heterocycles. The minimum atomic E-state index is -4.57. The van der Waals surface area contributed by atoms with Crippen molar-refractivity contribution in [1.29, 1.82) is 0 Å². The lowest BCUT2D eigenvalue weighted by atomic mass is 10.2. The minimum Gasteiger partial charge on any atom is -0.457 e. The zero-order valence-corrected chi connectivity index (χ0v) is 18.3. The summed E-state index contributed by atoms with van der Waals surface area (Å²) in [4.78, 5) is 23.2. The Morgan fingerprint density at radius 1 is 1.25 bits per heavy atom. The maximum Gasteiger partial charge on any atom is 0.416 e. The molecule has 0 bridgehead atoms. The molecule has 0 aliphatic heterocycles. The fourth-order valence-corrected chi connectivity index (χ4v) is 3.01. The Morgan fingerprint density at radius 3 is 2.56 bits per heavy atom. The van der Waals surface area contributed by atoms with Crippen molar-refractivity contribution in [1.82, 2.24) is 9.78 Å². The molecule has 2 aromatic carbocycles. The summed E-state index contributed by atoms with van der Waals surface area (Å²) < 4.78 is 46.3. The number of amides is 1. The van der Waals surface area contributed by atoms with Crippen LogP contribution in [0.4, 0.5) is 24.5 Å². The number of carbonyl (C=O) groups excluding carboxylic acids is 1. The number of nitrogens with one attached hydrogen (secondary N) is 1. The van der Waals surface area contributed by atoms with Gasteiger partial charge in [0.1, 0.15) is 17.5 Å². The number of ether oxygens (including phenoxy) is 1. The molecule has 3 rings (SSSR count). The summed E-state index contributed by atoms with van der Waals surface area (Å²) in [7, 11) is 0. The van der Waals surface area contributed by atoms with Gasteiger partial charge in [-0.05, 0) is 48.0 Å². The average Bonchev–Trinajstić information content (AvgIpc) is 3.05. The van der Waals surface area contributed by atoms with Crippen LogP contribution in [-0.2, 0) is 11.0 Å². The molecule has 12 heteroatoms. The number of anilines is 1. The number of nitro benzene ring substituents is 1. The van der Waals surface area contributed by atoms with E-state index in [1.807, 2.05) is 0 Å². The molecule has 168 valence electrons. The van der Waals surface area contributed by atoms with Crippen molar-refractivity contribution in [3.8, 4) is 11.5 Å². The highest BCUT2D eigenvalue weighted by atomic mass is 79.9. The van der Waals surface area contributed by atoms with E-state index >= 15 is 0 Å². The first-order valence-corrected chi connectivity index (χ1v) is 9.90. The van der Waals surface area contributed by atoms with Gasteiger partial charge < -0.3 is 10.1 Å². The first kappa shape index (κ1) is 23.3. The molecule has 0 aliphatic rings. The van der Waals surface area contributed by atoms with Crippen LogP contribution in [0.25, 0.3) is 0 Å². The van der Waals surface area contributed by atoms with Gasteiger partial charge in [0.2, 0.25) is 5.91 Å². The van der Waals surface area contributed by atoms with Crippen molar-refractivity contribution in [2.24, 2.45) is 0 Å². The summed E-state index contributed by atoms with van der Waals surface area (Å²) in [5.41, 5.74) is -0.615. The number of hydrogen-bond acceptors (Lipinski definition) is 5. The maximum atomic E-state index is 12.9. The third kappa shape index (κ3) is 5.44. The smallest absolute Gasteiger partial charge is 0.416 e. The summed E-state index contributed by atoms with van der Waals surface area (Å²) >= 11 is 3.31. The number of rotatable bonds is 6. The number of carbonyl (C=O) groups is 1. The van der Waals surface area contributed by atoms with Crippen molar-refractivity contribution in [3.05, 3.63) is 74.5 Å². The van der Waals surface area contributed by atoms with E-state index in [1.54, 1.807) is 20.0 Å². The van der Waals surface area contributed by atoms with Gasteiger partial charge in [-0.1, -0.05) is 6.07 Å². The van der Waals surface area contributed by atoms with Gasteiger partial charge >= 0.3 is 6.18 Å². The highest BCUT2D eigenvalue weighted by Crippen LogP contribution is 2.34. The molecule has 1 N–H and O–H groups in total. The molecule has 0 radical (unpaired) electrons. The SMILES string of the molecule is Cc1nn(C(C)C(=O)Nc2cc(Oc3cccc(C(F)(F)F)c3)cc([N+](=O)[O-])c2)cc1Br. The number of benzene rings is 2. The number of non-ortho nitro benzene ring substituents is 1. The molecule has 1 amide bonds. The Hall–Kier alpha value is -3.41. The van der Waals surface area contributed by atoms with Crippen LogP contribution in [0, 0.1) is 17.0 Å². The lowest BCUT2D eigenvalue weighted by Gasteiger charge is -2.14. The number of hydrogen-bond donors (Lipinski definition) is 1. The molecular weight excluding hydrogens is 497 g/mol. The molecule has 0 saturated carbocycles. The van der Waals surface area contributed by atoms with Crippen LogP contribution in [0.1, 0.15) is 24.2 Å². The van der Waals surface area contributed by atoms with Gasteiger partial charge in [0.05, 0.1) is 32.4 Å². The lowest BCUT2D eigenvalue weighted by molar-refractivity contribution is -0.384. The normalized spacial score (nSPS) is 12.3. The highest BCUT2D eigenvalue weighted by Gasteiger charge is 2.30. The van der Waals surface area contributed by atoms with E-state index in [0.717, 1.165) is 30.3 Å². The predicted molar refractivity (Wildman–Crippen MR) is 113 cm³/mol. The number of nitrogens with zero attached hydrogens (tertiary/aromatic N) is 3. The van der Waals surface area contributed by atoms with Crippen LogP contribution < -0.4 is 10.1 Å². The van der Waals surface area contributed by atoms with Crippen molar-refractivity contribution in [2.75, 3.05) is 5.32 Å². The Morgan fingerprint density at radius 2 is 1.97 bits per heavy atom. The fourth-order valence-electron chi connectivity index (χ4n) is 2.72. The third-order valence-corrected chi connectivity index (χ3v) is 5.18. The molecule has 32 heavy (non-hydrogen) atoms. The van der Waals surface area contributed by atoms with Crippen molar-refractivity contribution >= 4 is 33.2 Å². The van der Waals surface area contributed by atoms with Gasteiger partial charge in [-0.3, -0.25) is 19.6 Å². The number of aromatic nitrogens is 2. The van der Waals surface area contributed by atoms with Gasteiger partial charge in [0.25, 0.3) is 5.69 Å². The van der Waals surface area contributed by atoms with Gasteiger partial charge in [-0.25, -0.2) is 0 Å². The minimum absolute atomic E-state index is 0.0426. The monoisotopic (exact) mass is 512 g/mol. The van der Waals surface area contributed by atoms with E-state index < -0.39 is 34.3 Å². The quantitative estimate of drug-likeness (QED) is 0.328. The van der Waals surface area contributed by atoms with Gasteiger partial charge in [-0.2, -0.15) is 18.3 Å². The molecule has 1 unspecified atom stereocenters. The molecule has 0 aliphatic carbocycles. The summed E-state index contributed by atoms with van der Waals surface area (Å²) in [5, 5.41) is 18.0. The second-order valence-corrected chi connectivity index (χ2v) is 7.66. The number of nitro groups is 1. The largest absolute Gasteiger partial charge is 0.457 e. The van der Waals surface area contributed by atoms with Crippen molar-refractivity contribution in [2.45, 2.75) is 26.1 Å². The van der Waals surface area contributed by atoms with Crippen LogP contribution in [0.15, 0.2) is 53.1 Å². The molecule has 1 heterocycles. The van der Waals surface area contributed by atoms with Gasteiger partial charge in [0, 0.05) is 18.3 Å². The van der Waals surface area contributed by atoms with E-state index in [-0.39, 0.29) is 17.2 Å². The first-order valence-electron chi connectivity index (χ1n) is 9.11. The standard InChI is InChI=1S/C20H16BrF3N4O4/c1-11-18(21)10-27(26-11)12(2)19(29)25-14-7-15(28(30)31)9-17(8-14)32-16-5-3-4-13(6-16)20(22,23)24/h3-10,12H,1-2H3,(H,25,29). The Labute approximate surface area is 188 Å². The molecular formula is C20H16BrF3N4O4. The molecule has 0 spiro atoms. The summed E-state index contributed by atoms with van der Waals surface area (Å²) in [6.45, 7) is 3.34. The van der Waals surface area contributed by atoms with Crippen LogP contribution in [-0.4, -0.2) is 20.6 Å². The summed E-state index contributed by atoms with van der Waals surface area (Å²) in [6, 6.07) is 6.80. The lowest BCUT2D eigenvalue weighted by Crippen LogP contribution is -2.24. The second kappa shape index (κ2) is 8.99. The first-order chi connectivity index (χ1) is 14.9. The molecule has 3 aromatic rings. The third-order valence-electron chi connectivity index (χ3n) is 4.40. The van der Waals surface area contributed by atoms with Crippen molar-refractivity contribution < 1.29 is 27.6 Å². The molecule has 1 atom stereocenters. The second-order valence-electron chi connectivity index (χ2n) is 6.81. The van der Waals surface area contributed by atoms with E-state index in [4.69, 9.17) is 4.74 Å². The number of alkyl halides is 3. The Balaban J connectivity index is 1.86. The average molecular weight is 513 g/mol. The topological polar surface area (TPSA) is 99.3 Å². The van der Waals surface area contributed by atoms with Crippen molar-refractivity contribution in [3.63, 3.8) is 0 Å². The van der Waals surface area contributed by atoms with Crippen LogP contribution >= 0.6 is 15.9 Å².